The van der Waals surface area contributed by atoms with Crippen molar-refractivity contribution in [2.24, 2.45) is 0 Å². The molecule has 0 saturated heterocycles. The van der Waals surface area contributed by atoms with Crippen molar-refractivity contribution in [2.45, 2.75) is 71.4 Å². The van der Waals surface area contributed by atoms with Crippen LogP contribution in [0.25, 0.3) is 21.8 Å². The van der Waals surface area contributed by atoms with Gasteiger partial charge >= 0.3 is 18.0 Å². The Morgan fingerprint density at radius 2 is 1.74 bits per heavy atom. The van der Waals surface area contributed by atoms with E-state index in [1.54, 1.807) is 27.7 Å². The number of esters is 2. The van der Waals surface area contributed by atoms with Crippen LogP contribution in [0, 0.1) is 6.92 Å². The normalized spacial score (nSPS) is 13.6. The summed E-state index contributed by atoms with van der Waals surface area (Å²) < 4.78 is 22.4. The van der Waals surface area contributed by atoms with Crippen LogP contribution in [0.3, 0.4) is 0 Å². The van der Waals surface area contributed by atoms with E-state index in [9.17, 15) is 14.4 Å². The first-order chi connectivity index (χ1) is 22.5. The number of thiophene rings is 1. The first-order valence-corrected chi connectivity index (χ1v) is 17.1. The number of nitrogens with one attached hydrogen (secondary N) is 1. The summed E-state index contributed by atoms with van der Waals surface area (Å²) in [5, 5.41) is 7.24. The van der Waals surface area contributed by atoms with Gasteiger partial charge in [0.1, 0.15) is 17.0 Å². The molecule has 2 aromatic heterocycles. The van der Waals surface area contributed by atoms with Crippen LogP contribution in [-0.2, 0) is 14.3 Å². The summed E-state index contributed by atoms with van der Waals surface area (Å²) in [7, 11) is 1.29. The maximum atomic E-state index is 14.2. The number of hydrogen-bond acceptors (Lipinski definition) is 9. The van der Waals surface area contributed by atoms with Gasteiger partial charge in [-0.25, -0.2) is 14.4 Å². The molecule has 10 nitrogen and oxygen atoms in total. The van der Waals surface area contributed by atoms with E-state index in [0.29, 0.717) is 32.2 Å². The summed E-state index contributed by atoms with van der Waals surface area (Å²) in [6, 6.07) is 16.8. The van der Waals surface area contributed by atoms with Crippen molar-refractivity contribution >= 4 is 56.6 Å². The molecular weight excluding hydrogens is 686 g/mol. The van der Waals surface area contributed by atoms with Gasteiger partial charge in [0, 0.05) is 17.3 Å². The topological polar surface area (TPSA) is 120 Å². The molecular formula is C35H38BrN3O7S. The Kier molecular flexibility index (Phi) is 10.7. The highest BCUT2D eigenvalue weighted by molar-refractivity contribution is 9.10. The number of benzene rings is 2. The second kappa shape index (κ2) is 14.7. The summed E-state index contributed by atoms with van der Waals surface area (Å²) in [6.07, 6.45) is 4.90. The molecule has 0 bridgehead atoms. The van der Waals surface area contributed by atoms with Crippen molar-refractivity contribution in [3.63, 3.8) is 0 Å². The molecule has 5 rings (SSSR count). The smallest absolute Gasteiger partial charge is 0.351 e. The minimum absolute atomic E-state index is 0.0236. The van der Waals surface area contributed by atoms with E-state index >= 15 is 0 Å². The second-order valence-corrected chi connectivity index (χ2v) is 14.1. The van der Waals surface area contributed by atoms with E-state index in [2.05, 4.69) is 26.4 Å². The van der Waals surface area contributed by atoms with Gasteiger partial charge in [0.15, 0.2) is 23.0 Å². The molecule has 0 spiro atoms. The average Bonchev–Trinajstić information content (AvgIpc) is 3.58. The Labute approximate surface area is 286 Å². The van der Waals surface area contributed by atoms with Crippen molar-refractivity contribution in [3.8, 4) is 27.5 Å². The standard InChI is InChI=1S/C35H38BrN3O7S/c1-21-28(29(46-38-21)22-13-8-6-9-14-22)37-34(42)39(24-16-10-7-11-17-24)25-18-12-15-23(19-25)31-27(36)30(32(47-31)33(41)43-5)44-20-26(40)45-35(2,3)4/h6,8-9,12-15,18-19,24H,7,10-11,16-17,20H2,1-5H3,(H,37,42). The molecule has 0 radical (unpaired) electrons. The van der Waals surface area contributed by atoms with Crippen LogP contribution >= 0.6 is 27.3 Å². The fourth-order valence-electron chi connectivity index (χ4n) is 5.54. The molecule has 0 aliphatic heterocycles. The molecule has 47 heavy (non-hydrogen) atoms. The van der Waals surface area contributed by atoms with Gasteiger partial charge in [-0.05, 0) is 74.2 Å². The van der Waals surface area contributed by atoms with Crippen molar-refractivity contribution < 1.29 is 33.1 Å². The molecule has 1 aliphatic carbocycles. The minimum atomic E-state index is -0.685. The van der Waals surface area contributed by atoms with Crippen LogP contribution in [0.5, 0.6) is 5.75 Å². The number of halogens is 1. The maximum Gasteiger partial charge on any atom is 0.351 e. The minimum Gasteiger partial charge on any atom is -0.479 e. The number of aromatic nitrogens is 1. The molecule has 2 heterocycles. The van der Waals surface area contributed by atoms with E-state index in [4.69, 9.17) is 18.7 Å². The number of carbonyl (C=O) groups excluding carboxylic acids is 3. The summed E-state index contributed by atoms with van der Waals surface area (Å²) in [6.45, 7) is 6.71. The highest BCUT2D eigenvalue weighted by Gasteiger charge is 2.31. The number of methoxy groups -OCH3 is 1. The third kappa shape index (κ3) is 8.05. The quantitative estimate of drug-likeness (QED) is 0.170. The molecule has 4 aromatic rings. The third-order valence-corrected chi connectivity index (χ3v) is 9.83. The predicted molar refractivity (Wildman–Crippen MR) is 185 cm³/mol. The first kappa shape index (κ1) is 34.2. The number of amides is 2. The van der Waals surface area contributed by atoms with Crippen LogP contribution in [0.15, 0.2) is 63.6 Å². The van der Waals surface area contributed by atoms with Crippen molar-refractivity contribution in [1.82, 2.24) is 5.16 Å². The lowest BCUT2D eigenvalue weighted by atomic mass is 9.93. The fourth-order valence-corrected chi connectivity index (χ4v) is 7.51. The van der Waals surface area contributed by atoms with E-state index in [0.717, 1.165) is 43.2 Å². The molecule has 0 unspecified atom stereocenters. The third-order valence-electron chi connectivity index (χ3n) is 7.61. The molecule has 1 N–H and O–H groups in total. The molecule has 1 saturated carbocycles. The van der Waals surface area contributed by atoms with E-state index in [1.165, 1.54) is 18.4 Å². The summed E-state index contributed by atoms with van der Waals surface area (Å²) in [4.78, 5) is 42.1. The average molecular weight is 725 g/mol. The van der Waals surface area contributed by atoms with Gasteiger partial charge in [-0.15, -0.1) is 11.3 Å². The maximum absolute atomic E-state index is 14.2. The number of rotatable bonds is 9. The molecule has 0 atom stereocenters. The largest absolute Gasteiger partial charge is 0.479 e. The van der Waals surface area contributed by atoms with Crippen LogP contribution in [0.4, 0.5) is 16.2 Å². The molecule has 1 aliphatic rings. The van der Waals surface area contributed by atoms with Crippen molar-refractivity contribution in [3.05, 3.63) is 69.6 Å². The van der Waals surface area contributed by atoms with E-state index in [-0.39, 0.29) is 29.3 Å². The van der Waals surface area contributed by atoms with Gasteiger partial charge in [-0.2, -0.15) is 0 Å². The number of anilines is 2. The lowest BCUT2D eigenvalue weighted by molar-refractivity contribution is -0.157. The SMILES string of the molecule is COC(=O)c1sc(-c2cccc(N(C(=O)Nc3c(C)noc3-c3ccccc3)C3CCCCC3)c2)c(Br)c1OCC(=O)OC(C)(C)C. The number of hydrogen-bond donors (Lipinski definition) is 1. The molecule has 248 valence electrons. The number of nitrogens with zero attached hydrogens (tertiary/aromatic N) is 2. The first-order valence-electron chi connectivity index (χ1n) is 15.4. The zero-order chi connectivity index (χ0) is 33.7. The Morgan fingerprint density at radius 1 is 1.04 bits per heavy atom. The van der Waals surface area contributed by atoms with Gasteiger partial charge in [-0.3, -0.25) is 4.90 Å². The highest BCUT2D eigenvalue weighted by Crippen LogP contribution is 2.47. The lowest BCUT2D eigenvalue weighted by Gasteiger charge is -2.34. The van der Waals surface area contributed by atoms with Crippen molar-refractivity contribution in [1.29, 1.82) is 0 Å². The number of carbonyl (C=O) groups is 3. The summed E-state index contributed by atoms with van der Waals surface area (Å²) in [5.74, 6) is -0.488. The van der Waals surface area contributed by atoms with Gasteiger partial charge in [0.05, 0.1) is 16.5 Å². The zero-order valence-corrected chi connectivity index (χ0v) is 29.5. The van der Waals surface area contributed by atoms with Crippen molar-refractivity contribution in [2.75, 3.05) is 23.9 Å². The second-order valence-electron chi connectivity index (χ2n) is 12.3. The number of urea groups is 1. The van der Waals surface area contributed by atoms with E-state index in [1.807, 2.05) is 59.5 Å². The van der Waals surface area contributed by atoms with Crippen LogP contribution in [0.2, 0.25) is 0 Å². The fraction of sp³-hybridized carbons (Fsp3) is 0.371. The Morgan fingerprint density at radius 3 is 2.43 bits per heavy atom. The summed E-state index contributed by atoms with van der Waals surface area (Å²) >= 11 is 4.78. The van der Waals surface area contributed by atoms with Crippen LogP contribution in [-0.4, -0.2) is 48.5 Å². The van der Waals surface area contributed by atoms with Gasteiger partial charge in [0.25, 0.3) is 0 Å². The Balaban J connectivity index is 1.49. The molecule has 2 amide bonds. The van der Waals surface area contributed by atoms with Gasteiger partial charge in [-0.1, -0.05) is 66.9 Å². The Hall–Kier alpha value is -4.16. The summed E-state index contributed by atoms with van der Waals surface area (Å²) in [5.41, 5.74) is 2.66. The number of ether oxygens (including phenoxy) is 3. The monoisotopic (exact) mass is 723 g/mol. The van der Waals surface area contributed by atoms with Gasteiger partial charge in [0.2, 0.25) is 0 Å². The van der Waals surface area contributed by atoms with E-state index < -0.39 is 17.5 Å². The predicted octanol–water partition coefficient (Wildman–Crippen LogP) is 9.02. The Bertz CT molecular complexity index is 1740. The van der Waals surface area contributed by atoms with Crippen LogP contribution < -0.4 is 15.0 Å². The molecule has 12 heteroatoms. The molecule has 2 aromatic carbocycles. The highest BCUT2D eigenvalue weighted by atomic mass is 79.9. The zero-order valence-electron chi connectivity index (χ0n) is 27.1. The molecule has 1 fully saturated rings. The lowest BCUT2D eigenvalue weighted by Crippen LogP contribution is -2.44. The van der Waals surface area contributed by atoms with Gasteiger partial charge < -0.3 is 24.1 Å². The number of aryl methyl sites for hydroxylation is 1. The van der Waals surface area contributed by atoms with Crippen LogP contribution in [0.1, 0.15) is 68.2 Å².